The molecule has 0 saturated carbocycles. The number of benzene rings is 2. The van der Waals surface area contributed by atoms with E-state index >= 15 is 0 Å². The summed E-state index contributed by atoms with van der Waals surface area (Å²) in [6.07, 6.45) is 0. The van der Waals surface area contributed by atoms with Crippen LogP contribution in [0.2, 0.25) is 0 Å². The Kier molecular flexibility index (Phi) is 5.35. The van der Waals surface area contributed by atoms with Gasteiger partial charge in [0.05, 0.1) is 4.90 Å². The number of rotatable bonds is 2. The summed E-state index contributed by atoms with van der Waals surface area (Å²) < 4.78 is 0. The van der Waals surface area contributed by atoms with Crippen molar-refractivity contribution in [3.05, 3.63) is 52.1 Å². The van der Waals surface area contributed by atoms with Gasteiger partial charge in [-0.2, -0.15) is 0 Å². The molecule has 0 aliphatic carbocycles. The Morgan fingerprint density at radius 1 is 0.680 bits per heavy atom. The van der Waals surface area contributed by atoms with Crippen LogP contribution in [-0.2, 0) is 10.8 Å². The SMILES string of the molecule is Cc1cc(Sc2cc(C)cc(C(C)(C)C)c2O)c(C)c(C(C)(C)C)c1. The normalized spacial score (nSPS) is 12.5. The second-order valence-electron chi connectivity index (χ2n) is 9.20. The highest BCUT2D eigenvalue weighted by molar-refractivity contribution is 7.99. The molecule has 0 amide bonds. The van der Waals surface area contributed by atoms with E-state index in [-0.39, 0.29) is 10.8 Å². The van der Waals surface area contributed by atoms with Gasteiger partial charge in [0.25, 0.3) is 0 Å². The summed E-state index contributed by atoms with van der Waals surface area (Å²) in [6.45, 7) is 19.6. The molecular weight excluding hydrogens is 324 g/mol. The van der Waals surface area contributed by atoms with Crippen LogP contribution >= 0.6 is 11.8 Å². The van der Waals surface area contributed by atoms with Crippen LogP contribution in [0.5, 0.6) is 5.75 Å². The van der Waals surface area contributed by atoms with E-state index < -0.39 is 0 Å². The zero-order valence-corrected chi connectivity index (χ0v) is 18.0. The minimum absolute atomic E-state index is 0.0797. The molecule has 0 aliphatic rings. The van der Waals surface area contributed by atoms with Crippen molar-refractivity contribution in [2.75, 3.05) is 0 Å². The minimum Gasteiger partial charge on any atom is -0.506 e. The maximum Gasteiger partial charge on any atom is 0.133 e. The van der Waals surface area contributed by atoms with E-state index in [0.717, 1.165) is 10.5 Å². The summed E-state index contributed by atoms with van der Waals surface area (Å²) in [7, 11) is 0. The molecule has 0 atom stereocenters. The summed E-state index contributed by atoms with van der Waals surface area (Å²) in [5.41, 5.74) is 6.17. The molecule has 0 fully saturated rings. The van der Waals surface area contributed by atoms with Crippen molar-refractivity contribution in [3.8, 4) is 5.75 Å². The Labute approximate surface area is 157 Å². The predicted octanol–water partition coefficient (Wildman–Crippen LogP) is 7.06. The van der Waals surface area contributed by atoms with Crippen LogP contribution in [0.4, 0.5) is 0 Å². The molecule has 136 valence electrons. The average molecular weight is 357 g/mol. The van der Waals surface area contributed by atoms with Gasteiger partial charge in [-0.05, 0) is 66.0 Å². The van der Waals surface area contributed by atoms with Crippen LogP contribution in [-0.4, -0.2) is 5.11 Å². The first kappa shape index (κ1) is 19.9. The quantitative estimate of drug-likeness (QED) is 0.621. The van der Waals surface area contributed by atoms with Gasteiger partial charge in [-0.15, -0.1) is 0 Å². The zero-order chi connectivity index (χ0) is 19.2. The van der Waals surface area contributed by atoms with Crippen molar-refractivity contribution in [3.63, 3.8) is 0 Å². The zero-order valence-electron chi connectivity index (χ0n) is 17.2. The maximum absolute atomic E-state index is 10.9. The highest BCUT2D eigenvalue weighted by atomic mass is 32.2. The summed E-state index contributed by atoms with van der Waals surface area (Å²) in [5, 5.41) is 10.9. The monoisotopic (exact) mass is 356 g/mol. The minimum atomic E-state index is -0.0797. The molecule has 2 rings (SSSR count). The lowest BCUT2D eigenvalue weighted by molar-refractivity contribution is 0.434. The lowest BCUT2D eigenvalue weighted by Gasteiger charge is -2.25. The molecule has 0 aromatic heterocycles. The maximum atomic E-state index is 10.9. The summed E-state index contributed by atoms with van der Waals surface area (Å²) in [5.74, 6) is 0.418. The van der Waals surface area contributed by atoms with Crippen molar-refractivity contribution in [1.82, 2.24) is 0 Å². The van der Waals surface area contributed by atoms with Gasteiger partial charge in [-0.1, -0.05) is 65.4 Å². The molecule has 0 unspecified atom stereocenters. The van der Waals surface area contributed by atoms with Gasteiger partial charge in [0.1, 0.15) is 5.75 Å². The number of phenolic OH excluding ortho intramolecular Hbond substituents is 1. The van der Waals surface area contributed by atoms with Crippen LogP contribution in [0, 0.1) is 20.8 Å². The van der Waals surface area contributed by atoms with Gasteiger partial charge < -0.3 is 5.11 Å². The Hall–Kier alpha value is -1.41. The summed E-state index contributed by atoms with van der Waals surface area (Å²) >= 11 is 1.68. The molecule has 0 saturated heterocycles. The molecule has 2 aromatic rings. The number of aromatic hydroxyl groups is 1. The molecule has 0 heterocycles. The largest absolute Gasteiger partial charge is 0.506 e. The van der Waals surface area contributed by atoms with Gasteiger partial charge in [-0.25, -0.2) is 0 Å². The molecule has 1 N–H and O–H groups in total. The van der Waals surface area contributed by atoms with Crippen molar-refractivity contribution < 1.29 is 5.11 Å². The highest BCUT2D eigenvalue weighted by Gasteiger charge is 2.23. The Bertz CT molecular complexity index is 722. The third kappa shape index (κ3) is 4.41. The fraction of sp³-hybridized carbons (Fsp3) is 0.478. The second kappa shape index (κ2) is 6.72. The number of hydrogen-bond acceptors (Lipinski definition) is 2. The van der Waals surface area contributed by atoms with E-state index in [9.17, 15) is 5.11 Å². The second-order valence-corrected chi connectivity index (χ2v) is 10.3. The van der Waals surface area contributed by atoms with E-state index in [4.69, 9.17) is 0 Å². The molecule has 2 aromatic carbocycles. The van der Waals surface area contributed by atoms with E-state index in [1.165, 1.54) is 27.1 Å². The molecule has 2 heteroatoms. The third-order valence-corrected chi connectivity index (χ3v) is 5.73. The lowest BCUT2D eigenvalue weighted by atomic mass is 9.83. The van der Waals surface area contributed by atoms with E-state index in [1.54, 1.807) is 11.8 Å². The summed E-state index contributed by atoms with van der Waals surface area (Å²) in [4.78, 5) is 2.17. The van der Waals surface area contributed by atoms with E-state index in [1.807, 2.05) is 0 Å². The number of phenols is 1. The van der Waals surface area contributed by atoms with Gasteiger partial charge >= 0.3 is 0 Å². The molecule has 25 heavy (non-hydrogen) atoms. The standard InChI is InChI=1S/C23H32OS/c1-14-10-17(22(4,5)6)16(3)19(12-14)25-20-13-15(2)11-18(21(20)24)23(7,8)9/h10-13,24H,1-9H3. The number of aryl methyl sites for hydroxylation is 2. The molecular formula is C23H32OS. The fourth-order valence-corrected chi connectivity index (χ4v) is 4.42. The molecule has 0 aliphatic heterocycles. The Balaban J connectivity index is 2.58. The van der Waals surface area contributed by atoms with Gasteiger partial charge in [-0.3, -0.25) is 0 Å². The van der Waals surface area contributed by atoms with Crippen LogP contribution in [0.1, 0.15) is 69.4 Å². The molecule has 0 radical (unpaired) electrons. The van der Waals surface area contributed by atoms with E-state index in [2.05, 4.69) is 86.6 Å². The van der Waals surface area contributed by atoms with Crippen molar-refractivity contribution in [2.45, 2.75) is 82.9 Å². The van der Waals surface area contributed by atoms with Gasteiger partial charge in [0, 0.05) is 10.5 Å². The first-order valence-corrected chi connectivity index (χ1v) is 9.76. The Morgan fingerprint density at radius 2 is 1.12 bits per heavy atom. The van der Waals surface area contributed by atoms with Crippen LogP contribution in [0.3, 0.4) is 0 Å². The van der Waals surface area contributed by atoms with Gasteiger partial charge in [0.15, 0.2) is 0 Å². The Morgan fingerprint density at radius 3 is 1.60 bits per heavy atom. The van der Waals surface area contributed by atoms with Crippen molar-refractivity contribution in [2.24, 2.45) is 0 Å². The van der Waals surface area contributed by atoms with E-state index in [0.29, 0.717) is 5.75 Å². The molecule has 0 spiro atoms. The van der Waals surface area contributed by atoms with Crippen molar-refractivity contribution in [1.29, 1.82) is 0 Å². The highest BCUT2D eigenvalue weighted by Crippen LogP contribution is 2.44. The van der Waals surface area contributed by atoms with Gasteiger partial charge in [0.2, 0.25) is 0 Å². The summed E-state index contributed by atoms with van der Waals surface area (Å²) in [6, 6.07) is 8.71. The fourth-order valence-electron chi connectivity index (χ4n) is 3.22. The lowest BCUT2D eigenvalue weighted by Crippen LogP contribution is -2.14. The molecule has 1 nitrogen and oxygen atoms in total. The number of hydrogen-bond donors (Lipinski definition) is 1. The first-order valence-electron chi connectivity index (χ1n) is 8.94. The first-order chi connectivity index (χ1) is 11.3. The van der Waals surface area contributed by atoms with Crippen LogP contribution < -0.4 is 0 Å². The predicted molar refractivity (Wildman–Crippen MR) is 110 cm³/mol. The topological polar surface area (TPSA) is 20.2 Å². The molecule has 0 bridgehead atoms. The van der Waals surface area contributed by atoms with Crippen LogP contribution in [0.25, 0.3) is 0 Å². The average Bonchev–Trinajstić information content (AvgIpc) is 2.43. The van der Waals surface area contributed by atoms with Crippen molar-refractivity contribution >= 4 is 11.8 Å². The smallest absolute Gasteiger partial charge is 0.133 e. The van der Waals surface area contributed by atoms with Crippen LogP contribution in [0.15, 0.2) is 34.1 Å². The third-order valence-electron chi connectivity index (χ3n) is 4.56.